The monoisotopic (exact) mass is 238 g/mol. The number of nitrogens with one attached hydrogen (secondary N) is 1. The lowest BCUT2D eigenvalue weighted by atomic mass is 10.3. The Balaban J connectivity index is 2.50. The fraction of sp³-hybridized carbons (Fsp3) is 0.538. The lowest BCUT2D eigenvalue weighted by molar-refractivity contribution is 0.301. The highest BCUT2D eigenvalue weighted by Crippen LogP contribution is 2.24. The number of likely N-dealkylation sites (N-methyl/N-ethyl adjacent to an activating group) is 1. The molecule has 0 saturated carbocycles. The van der Waals surface area contributed by atoms with Crippen molar-refractivity contribution in [3.05, 3.63) is 18.2 Å². The molecular formula is C13H22N2O2. The van der Waals surface area contributed by atoms with E-state index in [1.54, 1.807) is 0 Å². The van der Waals surface area contributed by atoms with E-state index in [0.717, 1.165) is 31.0 Å². The number of nitrogens with two attached hydrogens (primary N) is 1. The van der Waals surface area contributed by atoms with Gasteiger partial charge in [-0.25, -0.2) is 0 Å². The van der Waals surface area contributed by atoms with Gasteiger partial charge in [-0.2, -0.15) is 0 Å². The second-order valence-corrected chi connectivity index (χ2v) is 3.79. The first-order chi connectivity index (χ1) is 8.26. The molecule has 4 nitrogen and oxygen atoms in total. The zero-order valence-corrected chi connectivity index (χ0v) is 10.7. The van der Waals surface area contributed by atoms with Crippen molar-refractivity contribution in [2.45, 2.75) is 20.3 Å². The van der Waals surface area contributed by atoms with Gasteiger partial charge in [0, 0.05) is 30.4 Å². The van der Waals surface area contributed by atoms with E-state index in [4.69, 9.17) is 15.2 Å². The Bertz CT molecular complexity index is 329. The maximum atomic E-state index is 5.79. The van der Waals surface area contributed by atoms with Crippen LogP contribution in [0.25, 0.3) is 0 Å². The first-order valence-corrected chi connectivity index (χ1v) is 6.13. The van der Waals surface area contributed by atoms with Gasteiger partial charge >= 0.3 is 0 Å². The zero-order chi connectivity index (χ0) is 12.5. The molecule has 0 radical (unpaired) electrons. The van der Waals surface area contributed by atoms with Gasteiger partial charge < -0.3 is 20.5 Å². The average Bonchev–Trinajstić information content (AvgIpc) is 2.31. The molecule has 0 heterocycles. The van der Waals surface area contributed by atoms with Crippen molar-refractivity contribution in [2.24, 2.45) is 0 Å². The minimum atomic E-state index is 0.629. The number of ether oxygens (including phenoxy) is 2. The van der Waals surface area contributed by atoms with E-state index < -0.39 is 0 Å². The van der Waals surface area contributed by atoms with E-state index in [-0.39, 0.29) is 0 Å². The van der Waals surface area contributed by atoms with Gasteiger partial charge in [-0.15, -0.1) is 0 Å². The van der Waals surface area contributed by atoms with Crippen LogP contribution in [0.4, 0.5) is 5.69 Å². The minimum Gasteiger partial charge on any atom is -0.493 e. The first kappa shape index (κ1) is 13.6. The molecule has 0 unspecified atom stereocenters. The van der Waals surface area contributed by atoms with Crippen molar-refractivity contribution in [3.8, 4) is 11.5 Å². The van der Waals surface area contributed by atoms with Crippen molar-refractivity contribution < 1.29 is 9.47 Å². The summed E-state index contributed by atoms with van der Waals surface area (Å²) in [7, 11) is 0. The molecule has 17 heavy (non-hydrogen) atoms. The summed E-state index contributed by atoms with van der Waals surface area (Å²) >= 11 is 0. The van der Waals surface area contributed by atoms with E-state index in [1.807, 2.05) is 18.2 Å². The molecule has 0 bridgehead atoms. The third-order valence-corrected chi connectivity index (χ3v) is 2.17. The normalized spacial score (nSPS) is 10.2. The lowest BCUT2D eigenvalue weighted by Crippen LogP contribution is -2.20. The summed E-state index contributed by atoms with van der Waals surface area (Å²) in [5.41, 5.74) is 6.45. The summed E-state index contributed by atoms with van der Waals surface area (Å²) in [6.07, 6.45) is 0.978. The van der Waals surface area contributed by atoms with Crippen LogP contribution in [0.2, 0.25) is 0 Å². The molecular weight excluding hydrogens is 216 g/mol. The standard InChI is InChI=1S/C13H22N2O2/c1-3-6-16-12-8-11(14)9-13(10-12)17-7-5-15-4-2/h8-10,15H,3-7,14H2,1-2H3. The molecule has 1 aromatic rings. The predicted octanol–water partition coefficient (Wildman–Crippen LogP) is 2.05. The number of hydrogen-bond acceptors (Lipinski definition) is 4. The Labute approximate surface area is 103 Å². The average molecular weight is 238 g/mol. The van der Waals surface area contributed by atoms with Crippen molar-refractivity contribution in [1.82, 2.24) is 5.32 Å². The largest absolute Gasteiger partial charge is 0.493 e. The van der Waals surface area contributed by atoms with Crippen LogP contribution < -0.4 is 20.5 Å². The molecule has 0 amide bonds. The number of hydrogen-bond donors (Lipinski definition) is 2. The highest BCUT2D eigenvalue weighted by molar-refractivity contribution is 5.50. The molecule has 4 heteroatoms. The Morgan fingerprint density at radius 2 is 1.71 bits per heavy atom. The number of benzene rings is 1. The number of anilines is 1. The second-order valence-electron chi connectivity index (χ2n) is 3.79. The van der Waals surface area contributed by atoms with Gasteiger partial charge in [0.15, 0.2) is 0 Å². The molecule has 3 N–H and O–H groups in total. The smallest absolute Gasteiger partial charge is 0.125 e. The van der Waals surface area contributed by atoms with Crippen LogP contribution in [0.1, 0.15) is 20.3 Å². The summed E-state index contributed by atoms with van der Waals surface area (Å²) < 4.78 is 11.1. The summed E-state index contributed by atoms with van der Waals surface area (Å²) in [4.78, 5) is 0. The molecule has 0 atom stereocenters. The molecule has 1 aromatic carbocycles. The van der Waals surface area contributed by atoms with Gasteiger partial charge in [0.2, 0.25) is 0 Å². The summed E-state index contributed by atoms with van der Waals surface area (Å²) in [6, 6.07) is 5.50. The van der Waals surface area contributed by atoms with E-state index in [0.29, 0.717) is 18.9 Å². The zero-order valence-electron chi connectivity index (χ0n) is 10.7. The van der Waals surface area contributed by atoms with Gasteiger partial charge in [-0.05, 0) is 13.0 Å². The second kappa shape index (κ2) is 7.79. The molecule has 0 saturated heterocycles. The van der Waals surface area contributed by atoms with Crippen LogP contribution in [-0.2, 0) is 0 Å². The number of rotatable bonds is 8. The lowest BCUT2D eigenvalue weighted by Gasteiger charge is -2.10. The van der Waals surface area contributed by atoms with E-state index in [2.05, 4.69) is 19.2 Å². The summed E-state index contributed by atoms with van der Waals surface area (Å²) in [6.45, 7) is 7.24. The first-order valence-electron chi connectivity index (χ1n) is 6.13. The molecule has 0 aromatic heterocycles. The third-order valence-electron chi connectivity index (χ3n) is 2.17. The summed E-state index contributed by atoms with van der Waals surface area (Å²) in [5.74, 6) is 1.53. The quantitative estimate of drug-likeness (QED) is 0.537. The van der Waals surface area contributed by atoms with Crippen LogP contribution in [-0.4, -0.2) is 26.3 Å². The van der Waals surface area contributed by atoms with Gasteiger partial charge in [0.05, 0.1) is 6.61 Å². The molecule has 1 rings (SSSR count). The van der Waals surface area contributed by atoms with E-state index in [1.165, 1.54) is 0 Å². The SMILES string of the molecule is CCCOc1cc(N)cc(OCCNCC)c1. The van der Waals surface area contributed by atoms with Crippen molar-refractivity contribution in [1.29, 1.82) is 0 Å². The molecule has 0 spiro atoms. The maximum Gasteiger partial charge on any atom is 0.125 e. The van der Waals surface area contributed by atoms with E-state index in [9.17, 15) is 0 Å². The van der Waals surface area contributed by atoms with Crippen LogP contribution in [0.3, 0.4) is 0 Å². The van der Waals surface area contributed by atoms with Crippen LogP contribution in [0, 0.1) is 0 Å². The molecule has 0 aliphatic heterocycles. The Morgan fingerprint density at radius 1 is 1.06 bits per heavy atom. The highest BCUT2D eigenvalue weighted by atomic mass is 16.5. The molecule has 0 fully saturated rings. The van der Waals surface area contributed by atoms with Crippen LogP contribution >= 0.6 is 0 Å². The van der Waals surface area contributed by atoms with Crippen molar-refractivity contribution in [3.63, 3.8) is 0 Å². The fourth-order valence-corrected chi connectivity index (χ4v) is 1.40. The topological polar surface area (TPSA) is 56.5 Å². The molecule has 96 valence electrons. The predicted molar refractivity (Wildman–Crippen MR) is 70.7 cm³/mol. The van der Waals surface area contributed by atoms with E-state index >= 15 is 0 Å². The van der Waals surface area contributed by atoms with Crippen LogP contribution in [0.5, 0.6) is 11.5 Å². The Morgan fingerprint density at radius 3 is 2.29 bits per heavy atom. The third kappa shape index (κ3) is 5.45. The minimum absolute atomic E-state index is 0.629. The summed E-state index contributed by atoms with van der Waals surface area (Å²) in [5, 5.41) is 3.19. The Hall–Kier alpha value is -1.42. The fourth-order valence-electron chi connectivity index (χ4n) is 1.40. The van der Waals surface area contributed by atoms with Gasteiger partial charge in [0.1, 0.15) is 18.1 Å². The molecule has 0 aliphatic carbocycles. The number of nitrogen functional groups attached to an aromatic ring is 1. The molecule has 0 aliphatic rings. The van der Waals surface area contributed by atoms with Crippen molar-refractivity contribution in [2.75, 3.05) is 32.0 Å². The van der Waals surface area contributed by atoms with Crippen LogP contribution in [0.15, 0.2) is 18.2 Å². The van der Waals surface area contributed by atoms with Gasteiger partial charge in [-0.1, -0.05) is 13.8 Å². The van der Waals surface area contributed by atoms with Gasteiger partial charge in [0.25, 0.3) is 0 Å². The van der Waals surface area contributed by atoms with Crippen molar-refractivity contribution >= 4 is 5.69 Å². The Kier molecular flexibility index (Phi) is 6.25. The van der Waals surface area contributed by atoms with Gasteiger partial charge in [-0.3, -0.25) is 0 Å². The highest BCUT2D eigenvalue weighted by Gasteiger charge is 2.01. The maximum absolute atomic E-state index is 5.79.